The minimum atomic E-state index is -0.516. The van der Waals surface area contributed by atoms with E-state index >= 15 is 0 Å². The number of benzene rings is 6. The molecule has 0 fully saturated rings. The standard InChI is InChI=1S/C63H77N/c1-26-51-37(12)49(24)61(50(25)38(51)13)64(60-46(21)34(9)27(2)35(10)47(60)22)62-48(23)36(11)45(20)59-55(62)54-41(16)30(5)33(8)44(19)58(54)63(59)56-42(17)31(6)28(3)39(14)52(56)53-40(15)29(4)32(7)43(18)57(53)63/h26H2,1-25H3. The molecule has 1 nitrogen and oxygen atoms in total. The quantitative estimate of drug-likeness (QED) is 0.171. The van der Waals surface area contributed by atoms with Gasteiger partial charge in [-0.25, -0.2) is 0 Å². The van der Waals surface area contributed by atoms with E-state index in [1.54, 1.807) is 0 Å². The van der Waals surface area contributed by atoms with Crippen LogP contribution in [-0.2, 0) is 11.8 Å². The van der Waals surface area contributed by atoms with Crippen LogP contribution in [0.15, 0.2) is 0 Å². The highest BCUT2D eigenvalue weighted by atomic mass is 15.2. The van der Waals surface area contributed by atoms with Crippen LogP contribution in [0.4, 0.5) is 17.1 Å². The fraction of sp³-hybridized carbons (Fsp3) is 0.429. The molecule has 0 aliphatic heterocycles. The van der Waals surface area contributed by atoms with Crippen molar-refractivity contribution in [1.29, 1.82) is 0 Å². The normalized spacial score (nSPS) is 13.3. The Balaban J connectivity index is 1.78. The van der Waals surface area contributed by atoms with Crippen molar-refractivity contribution in [2.24, 2.45) is 0 Å². The van der Waals surface area contributed by atoms with Crippen molar-refractivity contribution in [3.05, 3.63) is 161 Å². The smallest absolute Gasteiger partial charge is 0.0737 e. The molecule has 0 atom stereocenters. The Morgan fingerprint density at radius 3 is 0.781 bits per heavy atom. The minimum absolute atomic E-state index is 0.516. The molecule has 1 heteroatoms. The largest absolute Gasteiger partial charge is 0.308 e. The third-order valence-electron chi connectivity index (χ3n) is 19.1. The van der Waals surface area contributed by atoms with E-state index in [2.05, 4.69) is 178 Å². The summed E-state index contributed by atoms with van der Waals surface area (Å²) in [6.45, 7) is 60.1. The fourth-order valence-corrected chi connectivity index (χ4v) is 13.5. The SMILES string of the molecule is CCc1c(C)c(C)c(N(c2c(C)c(C)c(C)c(C)c2C)c2c(C)c(C)c(C)c3c2-c2c(C)c(C)c(C)c(C)c2C32c3c(C)c(C)c(C)c(C)c3-c3c(C)c(C)c(C)c(C)c32)c(C)c1C. The van der Waals surface area contributed by atoms with Gasteiger partial charge in [0.05, 0.1) is 22.5 Å². The van der Waals surface area contributed by atoms with Crippen LogP contribution in [-0.4, -0.2) is 0 Å². The molecule has 2 aliphatic carbocycles. The number of hydrogen-bond acceptors (Lipinski definition) is 1. The molecule has 0 unspecified atom stereocenters. The number of fused-ring (bicyclic) bond motifs is 10. The molecule has 0 bridgehead atoms. The molecule has 2 aliphatic rings. The van der Waals surface area contributed by atoms with E-state index in [4.69, 9.17) is 0 Å². The zero-order valence-corrected chi connectivity index (χ0v) is 44.7. The molecule has 8 rings (SSSR count). The van der Waals surface area contributed by atoms with Crippen LogP contribution >= 0.6 is 0 Å². The van der Waals surface area contributed by atoms with Crippen LogP contribution < -0.4 is 4.90 Å². The molecule has 0 N–H and O–H groups in total. The Hall–Kier alpha value is -4.88. The average Bonchev–Trinajstić information content (AvgIpc) is 3.75. The summed E-state index contributed by atoms with van der Waals surface area (Å²) >= 11 is 0. The fourth-order valence-electron chi connectivity index (χ4n) is 13.5. The number of hydrogen-bond donors (Lipinski definition) is 0. The van der Waals surface area contributed by atoms with Crippen LogP contribution in [0, 0.1) is 166 Å². The molecule has 334 valence electrons. The van der Waals surface area contributed by atoms with E-state index in [0.717, 1.165) is 6.42 Å². The van der Waals surface area contributed by atoms with Crippen molar-refractivity contribution in [3.8, 4) is 22.3 Å². The second-order valence-electron chi connectivity index (χ2n) is 21.0. The Labute approximate surface area is 388 Å². The van der Waals surface area contributed by atoms with Crippen LogP contribution in [0.5, 0.6) is 0 Å². The first-order valence-electron chi connectivity index (χ1n) is 24.2. The highest BCUT2D eigenvalue weighted by molar-refractivity contribution is 6.07. The monoisotopic (exact) mass is 848 g/mol. The van der Waals surface area contributed by atoms with Crippen molar-refractivity contribution in [2.75, 3.05) is 4.90 Å². The van der Waals surface area contributed by atoms with E-state index in [1.807, 2.05) is 0 Å². The van der Waals surface area contributed by atoms with Gasteiger partial charge in [-0.2, -0.15) is 0 Å². The first-order chi connectivity index (χ1) is 29.8. The zero-order chi connectivity index (χ0) is 47.6. The van der Waals surface area contributed by atoms with Gasteiger partial charge >= 0.3 is 0 Å². The summed E-state index contributed by atoms with van der Waals surface area (Å²) < 4.78 is 0. The Bertz CT molecular complexity index is 3020. The lowest BCUT2D eigenvalue weighted by molar-refractivity contribution is 0.756. The lowest BCUT2D eigenvalue weighted by Gasteiger charge is -2.39. The van der Waals surface area contributed by atoms with Crippen molar-refractivity contribution < 1.29 is 0 Å². The van der Waals surface area contributed by atoms with Gasteiger partial charge in [0.1, 0.15) is 0 Å². The van der Waals surface area contributed by atoms with Gasteiger partial charge in [-0.15, -0.1) is 0 Å². The van der Waals surface area contributed by atoms with Gasteiger partial charge < -0.3 is 4.90 Å². The lowest BCUT2D eigenvalue weighted by Crippen LogP contribution is -2.31. The molecular weight excluding hydrogens is 771 g/mol. The summed E-state index contributed by atoms with van der Waals surface area (Å²) in [4.78, 5) is 2.83. The first-order valence-corrected chi connectivity index (χ1v) is 24.2. The van der Waals surface area contributed by atoms with Gasteiger partial charge in [0.2, 0.25) is 0 Å². The van der Waals surface area contributed by atoms with E-state index < -0.39 is 5.41 Å². The van der Waals surface area contributed by atoms with E-state index in [1.165, 1.54) is 201 Å². The van der Waals surface area contributed by atoms with E-state index in [-0.39, 0.29) is 0 Å². The maximum Gasteiger partial charge on any atom is 0.0737 e. The van der Waals surface area contributed by atoms with Gasteiger partial charge in [-0.1, -0.05) is 6.92 Å². The van der Waals surface area contributed by atoms with Crippen molar-refractivity contribution in [2.45, 2.75) is 185 Å². The topological polar surface area (TPSA) is 3.24 Å². The molecule has 0 saturated carbocycles. The van der Waals surface area contributed by atoms with Gasteiger partial charge in [0.25, 0.3) is 0 Å². The summed E-state index contributed by atoms with van der Waals surface area (Å²) in [6.07, 6.45) is 1.03. The molecule has 0 saturated heterocycles. The minimum Gasteiger partial charge on any atom is -0.308 e. The Morgan fingerprint density at radius 2 is 0.453 bits per heavy atom. The summed E-state index contributed by atoms with van der Waals surface area (Å²) in [5.74, 6) is 0. The van der Waals surface area contributed by atoms with Gasteiger partial charge in [0.15, 0.2) is 0 Å². The summed E-state index contributed by atoms with van der Waals surface area (Å²) in [6, 6.07) is 0. The molecule has 6 aromatic rings. The van der Waals surface area contributed by atoms with Crippen LogP contribution in [0.3, 0.4) is 0 Å². The average molecular weight is 848 g/mol. The van der Waals surface area contributed by atoms with Crippen molar-refractivity contribution in [1.82, 2.24) is 0 Å². The van der Waals surface area contributed by atoms with Crippen molar-refractivity contribution in [3.63, 3.8) is 0 Å². The van der Waals surface area contributed by atoms with Gasteiger partial charge in [-0.3, -0.25) is 0 Å². The molecule has 0 amide bonds. The summed E-state index contributed by atoms with van der Waals surface area (Å²) in [5.41, 5.74) is 50.8. The molecule has 1 spiro atoms. The second-order valence-corrected chi connectivity index (χ2v) is 21.0. The van der Waals surface area contributed by atoms with Crippen molar-refractivity contribution >= 4 is 17.1 Å². The first kappa shape index (κ1) is 45.7. The highest BCUT2D eigenvalue weighted by Crippen LogP contribution is 2.71. The highest BCUT2D eigenvalue weighted by Gasteiger charge is 2.58. The maximum atomic E-state index is 2.83. The number of rotatable bonds is 4. The third kappa shape index (κ3) is 5.25. The maximum absolute atomic E-state index is 2.83. The second kappa shape index (κ2) is 14.8. The molecule has 0 radical (unpaired) electrons. The molecule has 64 heavy (non-hydrogen) atoms. The van der Waals surface area contributed by atoms with Gasteiger partial charge in [0, 0.05) is 5.56 Å². The number of nitrogens with zero attached hydrogens (tertiary/aromatic N) is 1. The number of anilines is 3. The molecular formula is C63H77N. The van der Waals surface area contributed by atoms with Crippen LogP contribution in [0.2, 0.25) is 0 Å². The Morgan fingerprint density at radius 1 is 0.234 bits per heavy atom. The predicted molar refractivity (Wildman–Crippen MR) is 280 cm³/mol. The molecule has 0 heterocycles. The summed E-state index contributed by atoms with van der Waals surface area (Å²) in [7, 11) is 0. The molecule has 0 aromatic heterocycles. The van der Waals surface area contributed by atoms with E-state index in [0.29, 0.717) is 0 Å². The molecule has 6 aromatic carbocycles. The Kier molecular flexibility index (Phi) is 10.6. The third-order valence-corrected chi connectivity index (χ3v) is 19.1. The van der Waals surface area contributed by atoms with Crippen LogP contribution in [0.25, 0.3) is 22.3 Å². The zero-order valence-electron chi connectivity index (χ0n) is 44.7. The van der Waals surface area contributed by atoms with Crippen LogP contribution in [0.1, 0.15) is 168 Å². The summed E-state index contributed by atoms with van der Waals surface area (Å²) in [5, 5.41) is 0. The lowest BCUT2D eigenvalue weighted by atomic mass is 9.64. The predicted octanol–water partition coefficient (Wildman–Crippen LogP) is 17.5. The van der Waals surface area contributed by atoms with E-state index in [9.17, 15) is 0 Å². The van der Waals surface area contributed by atoms with Gasteiger partial charge in [-0.05, 0) is 351 Å².